The largest absolute Gasteiger partial charge is 0.595 e. The summed E-state index contributed by atoms with van der Waals surface area (Å²) in [5.41, 5.74) is 0.588. The van der Waals surface area contributed by atoms with E-state index < -0.39 is 5.23 Å². The molecule has 0 saturated heterocycles. The van der Waals surface area contributed by atoms with Crippen molar-refractivity contribution in [2.45, 2.75) is 29.7 Å². The molecule has 3 N–H and O–H groups in total. The molecule has 0 aliphatic rings. The maximum Gasteiger partial charge on any atom is 0.230 e. The molecule has 142 valence electrons. The van der Waals surface area contributed by atoms with Crippen molar-refractivity contribution in [2.75, 3.05) is 5.32 Å². The van der Waals surface area contributed by atoms with Gasteiger partial charge in [-0.1, -0.05) is 36.5 Å². The number of para-hydroxylation sites is 1. The van der Waals surface area contributed by atoms with Crippen LogP contribution >= 0.6 is 23.1 Å². The average Bonchev–Trinajstić information content (AvgIpc) is 3.29. The van der Waals surface area contributed by atoms with Gasteiger partial charge in [-0.2, -0.15) is 5.23 Å². The fourth-order valence-electron chi connectivity index (χ4n) is 2.31. The van der Waals surface area contributed by atoms with Gasteiger partial charge in [0.1, 0.15) is 5.76 Å². The number of rotatable bonds is 8. The molecule has 1 unspecified atom stereocenters. The molecule has 1 aromatic carbocycles. The van der Waals surface area contributed by atoms with Crippen molar-refractivity contribution in [2.24, 2.45) is 0 Å². The van der Waals surface area contributed by atoms with Gasteiger partial charge in [0.05, 0.1) is 28.8 Å². The zero-order valence-electron chi connectivity index (χ0n) is 14.5. The molecule has 3 rings (SSSR count). The number of thiazole rings is 1. The Morgan fingerprint density at radius 3 is 2.93 bits per heavy atom. The van der Waals surface area contributed by atoms with Crippen LogP contribution in [-0.2, 0) is 23.4 Å². The molecule has 0 aliphatic carbocycles. The van der Waals surface area contributed by atoms with Crippen molar-refractivity contribution >= 4 is 39.8 Å². The topological polar surface area (TPSA) is 116 Å². The number of nitrogens with one attached hydrogen (secondary N) is 2. The summed E-state index contributed by atoms with van der Waals surface area (Å²) in [5, 5.41) is 22.5. The molecule has 0 radical (unpaired) electrons. The van der Waals surface area contributed by atoms with Gasteiger partial charge >= 0.3 is 0 Å². The van der Waals surface area contributed by atoms with Crippen LogP contribution in [0.1, 0.15) is 24.1 Å². The molecule has 0 spiro atoms. The second-order valence-electron chi connectivity index (χ2n) is 5.53. The molecule has 1 atom stereocenters. The quantitative estimate of drug-likeness (QED) is 0.389. The van der Waals surface area contributed by atoms with Gasteiger partial charge < -0.3 is 14.9 Å². The van der Waals surface area contributed by atoms with E-state index in [9.17, 15) is 15.2 Å². The minimum absolute atomic E-state index is 0.0271. The van der Waals surface area contributed by atoms with Crippen molar-refractivity contribution in [1.82, 2.24) is 9.97 Å². The summed E-state index contributed by atoms with van der Waals surface area (Å²) in [5.74, 6) is 1.78. The number of carbonyl (C=O) groups excluding carboxylic acids is 1. The minimum Gasteiger partial charge on any atom is -0.595 e. The van der Waals surface area contributed by atoms with Gasteiger partial charge in [-0.3, -0.25) is 4.79 Å². The van der Waals surface area contributed by atoms with Gasteiger partial charge in [-0.05, 0) is 0 Å². The molecular weight excluding hydrogens is 388 g/mol. The lowest BCUT2D eigenvalue weighted by Gasteiger charge is -2.14. The second kappa shape index (κ2) is 9.11. The maximum absolute atomic E-state index is 12.2. The highest BCUT2D eigenvalue weighted by atomic mass is 32.2. The summed E-state index contributed by atoms with van der Waals surface area (Å²) in [4.78, 5) is 20.6. The summed E-state index contributed by atoms with van der Waals surface area (Å²) in [7, 11) is 0. The van der Waals surface area contributed by atoms with Crippen LogP contribution < -0.4 is 10.5 Å². The third-order valence-corrected chi connectivity index (χ3v) is 5.71. The van der Waals surface area contributed by atoms with E-state index in [1.165, 1.54) is 29.2 Å². The number of anilines is 1. The van der Waals surface area contributed by atoms with Crippen LogP contribution in [-0.4, -0.2) is 21.1 Å². The Morgan fingerprint density at radius 2 is 2.19 bits per heavy atom. The Hall–Kier alpha value is -2.24. The van der Waals surface area contributed by atoms with Crippen molar-refractivity contribution in [3.63, 3.8) is 0 Å². The molecule has 3 aromatic rings. The number of aryl methyl sites for hydroxylation is 1. The highest BCUT2D eigenvalue weighted by Gasteiger charge is 2.14. The van der Waals surface area contributed by atoms with E-state index in [4.69, 9.17) is 4.42 Å². The third kappa shape index (κ3) is 5.37. The lowest BCUT2D eigenvalue weighted by atomic mass is 10.1. The number of hydrogen-bond acceptors (Lipinski definition) is 8. The zero-order chi connectivity index (χ0) is 19.2. The molecular formula is C17H18N4O4S2. The summed E-state index contributed by atoms with van der Waals surface area (Å²) in [6.07, 6.45) is 4.18. The van der Waals surface area contributed by atoms with Crippen molar-refractivity contribution in [1.29, 1.82) is 0 Å². The van der Waals surface area contributed by atoms with E-state index in [2.05, 4.69) is 15.3 Å². The molecule has 0 saturated carbocycles. The van der Waals surface area contributed by atoms with Crippen LogP contribution in [0.2, 0.25) is 0 Å². The van der Waals surface area contributed by atoms with Crippen molar-refractivity contribution in [3.05, 3.63) is 59.1 Å². The van der Waals surface area contributed by atoms with Gasteiger partial charge in [0.25, 0.3) is 0 Å². The van der Waals surface area contributed by atoms with E-state index in [0.29, 0.717) is 22.3 Å². The molecule has 2 aromatic heterocycles. The number of quaternary nitrogens is 1. The van der Waals surface area contributed by atoms with Crippen LogP contribution in [0.25, 0.3) is 0 Å². The van der Waals surface area contributed by atoms with Gasteiger partial charge in [0.15, 0.2) is 10.8 Å². The number of nitrogens with zero attached hydrogens (tertiary/aromatic N) is 2. The SMILES string of the molecule is CCc1cnc(CSc2cnc(NC(=O)Cc3ccccc3[NH+]([O-])O)s2)o1. The number of hydrogen-bond donors (Lipinski definition) is 3. The number of carbonyl (C=O) groups is 1. The molecule has 1 amide bonds. The normalized spacial score (nSPS) is 12.1. The Labute approximate surface area is 163 Å². The van der Waals surface area contributed by atoms with Crippen molar-refractivity contribution < 1.29 is 19.6 Å². The van der Waals surface area contributed by atoms with E-state index >= 15 is 0 Å². The minimum atomic E-state index is -1.05. The Balaban J connectivity index is 1.55. The van der Waals surface area contributed by atoms with Gasteiger partial charge in [-0.25, -0.2) is 15.2 Å². The summed E-state index contributed by atoms with van der Waals surface area (Å²) < 4.78 is 6.48. The fraction of sp³-hybridized carbons (Fsp3) is 0.235. The monoisotopic (exact) mass is 406 g/mol. The van der Waals surface area contributed by atoms with Crippen LogP contribution in [0, 0.1) is 5.21 Å². The summed E-state index contributed by atoms with van der Waals surface area (Å²) in [6, 6.07) is 6.45. The number of thioether (sulfide) groups is 1. The van der Waals surface area contributed by atoms with E-state index in [-0.39, 0.29) is 18.0 Å². The van der Waals surface area contributed by atoms with E-state index in [1.54, 1.807) is 30.6 Å². The number of aromatic nitrogens is 2. The smallest absolute Gasteiger partial charge is 0.230 e. The lowest BCUT2D eigenvalue weighted by Crippen LogP contribution is -2.99. The molecule has 27 heavy (non-hydrogen) atoms. The standard InChI is InChI=1S/C17H18N4O4S2/c1-2-12-8-18-15(25-12)10-26-16-9-19-17(27-16)20-14(22)7-11-5-3-4-6-13(11)21(23)24/h3-6,8-9,21,23H,2,7,10H2,1H3,(H,19,20,22). The van der Waals surface area contributed by atoms with Crippen molar-refractivity contribution in [3.8, 4) is 0 Å². The predicted molar refractivity (Wildman–Crippen MR) is 102 cm³/mol. The van der Waals surface area contributed by atoms with E-state index in [0.717, 1.165) is 16.4 Å². The van der Waals surface area contributed by atoms with Gasteiger partial charge in [-0.15, -0.1) is 11.8 Å². The predicted octanol–water partition coefficient (Wildman–Crippen LogP) is 2.57. The first-order chi connectivity index (χ1) is 13.0. The molecule has 0 aliphatic heterocycles. The number of benzene rings is 1. The second-order valence-corrected chi connectivity index (χ2v) is 7.84. The molecule has 8 nitrogen and oxygen atoms in total. The number of oxazole rings is 1. The molecule has 10 heteroatoms. The molecule has 0 bridgehead atoms. The fourth-order valence-corrected chi connectivity index (χ4v) is 4.06. The zero-order valence-corrected chi connectivity index (χ0v) is 16.1. The van der Waals surface area contributed by atoms with Gasteiger partial charge in [0, 0.05) is 18.1 Å². The molecule has 2 heterocycles. The lowest BCUT2D eigenvalue weighted by molar-refractivity contribution is -0.991. The highest BCUT2D eigenvalue weighted by molar-refractivity contribution is 8.00. The number of amides is 1. The van der Waals surface area contributed by atoms with E-state index in [1.807, 2.05) is 6.92 Å². The van der Waals surface area contributed by atoms with Crippen LogP contribution in [0.4, 0.5) is 10.8 Å². The average molecular weight is 406 g/mol. The maximum atomic E-state index is 12.2. The Kier molecular flexibility index (Phi) is 6.58. The first-order valence-corrected chi connectivity index (χ1v) is 9.98. The summed E-state index contributed by atoms with van der Waals surface area (Å²) in [6.45, 7) is 2.00. The van der Waals surface area contributed by atoms with Crippen LogP contribution in [0.5, 0.6) is 0 Å². The Morgan fingerprint density at radius 1 is 1.37 bits per heavy atom. The third-order valence-electron chi connectivity index (χ3n) is 3.62. The Bertz CT molecular complexity index is 910. The first-order valence-electron chi connectivity index (χ1n) is 8.18. The first kappa shape index (κ1) is 19.5. The van der Waals surface area contributed by atoms with Crippen LogP contribution in [0.3, 0.4) is 0 Å². The van der Waals surface area contributed by atoms with Crippen LogP contribution in [0.15, 0.2) is 45.3 Å². The summed E-state index contributed by atoms with van der Waals surface area (Å²) >= 11 is 2.87. The molecule has 0 fully saturated rings. The highest BCUT2D eigenvalue weighted by Crippen LogP contribution is 2.30. The van der Waals surface area contributed by atoms with Gasteiger partial charge in [0.2, 0.25) is 11.8 Å².